The lowest BCUT2D eigenvalue weighted by Gasteiger charge is -2.09. The second-order valence-corrected chi connectivity index (χ2v) is 6.93. The summed E-state index contributed by atoms with van der Waals surface area (Å²) in [5.41, 5.74) is 2.24. The van der Waals surface area contributed by atoms with Crippen molar-refractivity contribution in [2.45, 2.75) is 19.9 Å². The highest BCUT2D eigenvalue weighted by molar-refractivity contribution is 6.31. The van der Waals surface area contributed by atoms with E-state index in [1.807, 2.05) is 0 Å². The molecule has 0 atom stereocenters. The lowest BCUT2D eigenvalue weighted by atomic mass is 10.3. The monoisotopic (exact) mass is 414 g/mol. The van der Waals surface area contributed by atoms with Crippen molar-refractivity contribution in [3.63, 3.8) is 0 Å². The summed E-state index contributed by atoms with van der Waals surface area (Å²) in [5, 5.41) is 7.58. The van der Waals surface area contributed by atoms with E-state index in [0.29, 0.717) is 33.3 Å². The maximum Gasteiger partial charge on any atom is 0.419 e. The quantitative estimate of drug-likeness (QED) is 0.536. The van der Waals surface area contributed by atoms with E-state index in [1.54, 1.807) is 43.3 Å². The standard InChI is InChI=1S/C20H16ClFN4O3/c1-12-10-18(26(24-12)15-5-3-14(22)4-6-15)23-19(27)8-9-25-16-7-2-13(21)11-17(16)29-20(25)28/h2-7,10-11H,8-9H2,1H3,(H,23,27). The molecule has 29 heavy (non-hydrogen) atoms. The Morgan fingerprint density at radius 3 is 2.72 bits per heavy atom. The maximum atomic E-state index is 13.2. The van der Waals surface area contributed by atoms with Crippen LogP contribution in [0.15, 0.2) is 57.7 Å². The van der Waals surface area contributed by atoms with Crippen LogP contribution in [0.3, 0.4) is 0 Å². The average molecular weight is 415 g/mol. The van der Waals surface area contributed by atoms with Crippen LogP contribution in [-0.2, 0) is 11.3 Å². The number of nitrogens with one attached hydrogen (secondary N) is 1. The van der Waals surface area contributed by atoms with Crippen LogP contribution in [0.1, 0.15) is 12.1 Å². The SMILES string of the molecule is Cc1cc(NC(=O)CCn2c(=O)oc3cc(Cl)ccc32)n(-c2ccc(F)cc2)n1. The van der Waals surface area contributed by atoms with Crippen molar-refractivity contribution in [2.75, 3.05) is 5.32 Å². The van der Waals surface area contributed by atoms with Crippen LogP contribution >= 0.6 is 11.6 Å². The third-order valence-corrected chi connectivity index (χ3v) is 4.60. The van der Waals surface area contributed by atoms with E-state index in [0.717, 1.165) is 0 Å². The van der Waals surface area contributed by atoms with Crippen LogP contribution in [0.2, 0.25) is 5.02 Å². The zero-order valence-corrected chi connectivity index (χ0v) is 16.1. The molecule has 4 rings (SSSR count). The lowest BCUT2D eigenvalue weighted by molar-refractivity contribution is -0.116. The Hall–Kier alpha value is -3.39. The summed E-state index contributed by atoms with van der Waals surface area (Å²) < 4.78 is 21.2. The molecule has 9 heteroatoms. The average Bonchev–Trinajstić information content (AvgIpc) is 3.18. The first kappa shape index (κ1) is 18.9. The number of aryl methyl sites for hydroxylation is 2. The van der Waals surface area contributed by atoms with Crippen LogP contribution < -0.4 is 11.1 Å². The molecule has 1 N–H and O–H groups in total. The molecule has 0 unspecified atom stereocenters. The van der Waals surface area contributed by atoms with Gasteiger partial charge in [-0.05, 0) is 43.3 Å². The van der Waals surface area contributed by atoms with Gasteiger partial charge in [-0.25, -0.2) is 13.9 Å². The molecule has 0 aliphatic carbocycles. The van der Waals surface area contributed by atoms with Gasteiger partial charge in [-0.2, -0.15) is 5.10 Å². The summed E-state index contributed by atoms with van der Waals surface area (Å²) >= 11 is 5.91. The van der Waals surface area contributed by atoms with Gasteiger partial charge in [0.2, 0.25) is 5.91 Å². The molecule has 1 amide bonds. The van der Waals surface area contributed by atoms with E-state index in [-0.39, 0.29) is 24.7 Å². The largest absolute Gasteiger partial charge is 0.419 e. The van der Waals surface area contributed by atoms with Crippen molar-refractivity contribution in [1.82, 2.24) is 14.3 Å². The molecule has 2 aromatic carbocycles. The van der Waals surface area contributed by atoms with Gasteiger partial charge >= 0.3 is 5.76 Å². The molecule has 148 valence electrons. The molecule has 0 bridgehead atoms. The molecule has 0 saturated heterocycles. The molecule has 0 saturated carbocycles. The molecule has 7 nitrogen and oxygen atoms in total. The summed E-state index contributed by atoms with van der Waals surface area (Å²) in [6.45, 7) is 1.93. The Kier molecular flexibility index (Phi) is 4.94. The van der Waals surface area contributed by atoms with E-state index in [4.69, 9.17) is 16.0 Å². The molecular formula is C20H16ClFN4O3. The number of hydrogen-bond donors (Lipinski definition) is 1. The molecule has 0 aliphatic heterocycles. The smallest absolute Gasteiger partial charge is 0.408 e. The lowest BCUT2D eigenvalue weighted by Crippen LogP contribution is -2.20. The van der Waals surface area contributed by atoms with Crippen molar-refractivity contribution in [3.8, 4) is 5.69 Å². The van der Waals surface area contributed by atoms with Gasteiger partial charge in [-0.3, -0.25) is 9.36 Å². The van der Waals surface area contributed by atoms with Gasteiger partial charge in [-0.15, -0.1) is 0 Å². The van der Waals surface area contributed by atoms with Crippen molar-refractivity contribution >= 4 is 34.4 Å². The number of nitrogens with zero attached hydrogens (tertiary/aromatic N) is 3. The number of fused-ring (bicyclic) bond motifs is 1. The van der Waals surface area contributed by atoms with E-state index >= 15 is 0 Å². The van der Waals surface area contributed by atoms with Crippen molar-refractivity contribution in [2.24, 2.45) is 0 Å². The molecule has 0 aliphatic rings. The minimum absolute atomic E-state index is 0.0464. The van der Waals surface area contributed by atoms with Crippen LogP contribution in [0.5, 0.6) is 0 Å². The number of carbonyl (C=O) groups excluding carboxylic acids is 1. The number of carbonyl (C=O) groups is 1. The fourth-order valence-corrected chi connectivity index (χ4v) is 3.20. The predicted octanol–water partition coefficient (Wildman–Crippen LogP) is 3.91. The predicted molar refractivity (Wildman–Crippen MR) is 107 cm³/mol. The van der Waals surface area contributed by atoms with Gasteiger partial charge in [-0.1, -0.05) is 11.6 Å². The highest BCUT2D eigenvalue weighted by Crippen LogP contribution is 2.20. The van der Waals surface area contributed by atoms with E-state index in [1.165, 1.54) is 21.4 Å². The number of halogens is 2. The van der Waals surface area contributed by atoms with Crippen LogP contribution in [-0.4, -0.2) is 20.3 Å². The first-order valence-corrected chi connectivity index (χ1v) is 9.20. The maximum absolute atomic E-state index is 13.2. The van der Waals surface area contributed by atoms with Crippen molar-refractivity contribution < 1.29 is 13.6 Å². The summed E-state index contributed by atoms with van der Waals surface area (Å²) in [7, 11) is 0. The van der Waals surface area contributed by atoms with Crippen molar-refractivity contribution in [3.05, 3.63) is 75.6 Å². The molecule has 2 heterocycles. The first-order chi connectivity index (χ1) is 13.9. The fraction of sp³-hybridized carbons (Fsp3) is 0.150. The zero-order valence-electron chi connectivity index (χ0n) is 15.4. The molecule has 0 spiro atoms. The Labute approximate surface area is 169 Å². The van der Waals surface area contributed by atoms with E-state index in [9.17, 15) is 14.0 Å². The third kappa shape index (κ3) is 3.93. The molecular weight excluding hydrogens is 399 g/mol. The number of amides is 1. The number of anilines is 1. The zero-order chi connectivity index (χ0) is 20.5. The number of aromatic nitrogens is 3. The van der Waals surface area contributed by atoms with Crippen LogP contribution in [0.4, 0.5) is 10.2 Å². The minimum Gasteiger partial charge on any atom is -0.408 e. The van der Waals surface area contributed by atoms with E-state index < -0.39 is 5.76 Å². The van der Waals surface area contributed by atoms with Gasteiger partial charge in [0.25, 0.3) is 0 Å². The normalized spacial score (nSPS) is 11.1. The van der Waals surface area contributed by atoms with Crippen LogP contribution in [0, 0.1) is 12.7 Å². The van der Waals surface area contributed by atoms with Gasteiger partial charge in [0, 0.05) is 30.1 Å². The molecule has 2 aromatic heterocycles. The number of benzene rings is 2. The Balaban J connectivity index is 1.51. The van der Waals surface area contributed by atoms with Gasteiger partial charge in [0.15, 0.2) is 5.58 Å². The number of oxazole rings is 1. The van der Waals surface area contributed by atoms with Gasteiger partial charge in [0.1, 0.15) is 11.6 Å². The summed E-state index contributed by atoms with van der Waals surface area (Å²) in [6.07, 6.45) is 0.0464. The molecule has 4 aromatic rings. The van der Waals surface area contributed by atoms with Gasteiger partial charge in [0.05, 0.1) is 16.9 Å². The minimum atomic E-state index is -0.553. The summed E-state index contributed by atoms with van der Waals surface area (Å²) in [5.74, 6) is -0.761. The van der Waals surface area contributed by atoms with E-state index in [2.05, 4.69) is 10.4 Å². The Bertz CT molecular complexity index is 1260. The summed E-state index contributed by atoms with van der Waals surface area (Å²) in [4.78, 5) is 24.5. The second kappa shape index (κ2) is 7.56. The number of rotatable bonds is 5. The molecule has 0 fully saturated rings. The fourth-order valence-electron chi connectivity index (χ4n) is 3.04. The Morgan fingerprint density at radius 2 is 1.97 bits per heavy atom. The van der Waals surface area contributed by atoms with Crippen LogP contribution in [0.25, 0.3) is 16.8 Å². The summed E-state index contributed by atoms with van der Waals surface area (Å²) in [6, 6.07) is 12.4. The first-order valence-electron chi connectivity index (χ1n) is 8.82. The number of hydrogen-bond acceptors (Lipinski definition) is 4. The highest BCUT2D eigenvalue weighted by Gasteiger charge is 2.14. The Morgan fingerprint density at radius 1 is 1.21 bits per heavy atom. The topological polar surface area (TPSA) is 82.1 Å². The molecule has 0 radical (unpaired) electrons. The highest BCUT2D eigenvalue weighted by atomic mass is 35.5. The van der Waals surface area contributed by atoms with Gasteiger partial charge < -0.3 is 9.73 Å². The third-order valence-electron chi connectivity index (χ3n) is 4.36. The van der Waals surface area contributed by atoms with Crippen molar-refractivity contribution in [1.29, 1.82) is 0 Å². The second-order valence-electron chi connectivity index (χ2n) is 6.49.